The zero-order valence-corrected chi connectivity index (χ0v) is 16.8. The van der Waals surface area contributed by atoms with Crippen LogP contribution in [0.1, 0.15) is 21.5 Å². The molecule has 30 heavy (non-hydrogen) atoms. The van der Waals surface area contributed by atoms with E-state index in [0.29, 0.717) is 17.7 Å². The number of halogens is 5. The molecule has 11 heteroatoms. The molecule has 5 nitrogen and oxygen atoms in total. The van der Waals surface area contributed by atoms with Crippen LogP contribution in [0.5, 0.6) is 11.5 Å². The van der Waals surface area contributed by atoms with Crippen molar-refractivity contribution in [3.05, 3.63) is 53.1 Å². The highest BCUT2D eigenvalue weighted by molar-refractivity contribution is 8.45. The summed E-state index contributed by atoms with van der Waals surface area (Å²) in [4.78, 5) is 23.8. The van der Waals surface area contributed by atoms with Gasteiger partial charge in [-0.3, -0.25) is 9.59 Å². The van der Waals surface area contributed by atoms with Gasteiger partial charge in [0.25, 0.3) is 0 Å². The number of rotatable bonds is 5. The van der Waals surface area contributed by atoms with Crippen LogP contribution in [0.25, 0.3) is 0 Å². The fourth-order valence-electron chi connectivity index (χ4n) is 3.56. The van der Waals surface area contributed by atoms with Gasteiger partial charge in [-0.25, -0.2) is 0 Å². The average molecular weight is 452 g/mol. The molecular weight excluding hydrogens is 435 g/mol. The van der Waals surface area contributed by atoms with Crippen LogP contribution >= 0.6 is 10.2 Å². The van der Waals surface area contributed by atoms with Crippen molar-refractivity contribution in [2.24, 2.45) is 0 Å². The van der Waals surface area contributed by atoms with E-state index in [1.165, 1.54) is 26.4 Å². The molecule has 0 aromatic heterocycles. The molecule has 0 fully saturated rings. The number of esters is 1. The van der Waals surface area contributed by atoms with E-state index in [-0.39, 0.29) is 41.2 Å². The van der Waals surface area contributed by atoms with E-state index < -0.39 is 32.3 Å². The smallest absolute Gasteiger partial charge is 0.324 e. The van der Waals surface area contributed by atoms with E-state index in [4.69, 9.17) is 14.2 Å². The second-order valence-electron chi connectivity index (χ2n) is 6.76. The molecule has 0 saturated carbocycles. The fraction of sp³-hybridized carbons (Fsp3) is 0.263. The summed E-state index contributed by atoms with van der Waals surface area (Å²) < 4.78 is 80.3. The molecule has 0 aliphatic heterocycles. The molecule has 1 unspecified atom stereocenters. The first-order valence-electron chi connectivity index (χ1n) is 8.40. The van der Waals surface area contributed by atoms with Crippen LogP contribution in [0, 0.1) is 0 Å². The molecular formula is C19H17F5O5S. The molecule has 0 N–H and O–H groups in total. The molecule has 0 radical (unpaired) electrons. The number of fused-ring (bicyclic) bond motifs is 1. The Hall–Kier alpha value is -2.82. The molecule has 0 heterocycles. The summed E-state index contributed by atoms with van der Waals surface area (Å²) >= 11 is 0. The van der Waals surface area contributed by atoms with Crippen LogP contribution in [-0.2, 0) is 21.4 Å². The third kappa shape index (κ3) is 3.36. The Morgan fingerprint density at radius 1 is 0.933 bits per heavy atom. The molecule has 164 valence electrons. The molecule has 0 amide bonds. The molecule has 2 aromatic carbocycles. The van der Waals surface area contributed by atoms with Gasteiger partial charge in [0.05, 0.1) is 21.3 Å². The number of carbonyl (C=O) groups is 2. The predicted octanol–water partition coefficient (Wildman–Crippen LogP) is 5.21. The van der Waals surface area contributed by atoms with Crippen molar-refractivity contribution in [1.29, 1.82) is 0 Å². The first-order valence-corrected chi connectivity index (χ1v) is 10.4. The van der Waals surface area contributed by atoms with Gasteiger partial charge in [0.1, 0.15) is 4.90 Å². The van der Waals surface area contributed by atoms with E-state index in [1.807, 2.05) is 0 Å². The maximum Gasteiger partial charge on any atom is 0.324 e. The molecule has 0 saturated heterocycles. The van der Waals surface area contributed by atoms with Gasteiger partial charge in [0.15, 0.2) is 22.7 Å². The molecule has 3 rings (SSSR count). The maximum atomic E-state index is 13.2. The van der Waals surface area contributed by atoms with Gasteiger partial charge in [-0.1, -0.05) is 31.6 Å². The molecule has 0 spiro atoms. The molecule has 1 atom stereocenters. The van der Waals surface area contributed by atoms with Crippen LogP contribution in [-0.4, -0.2) is 33.1 Å². The summed E-state index contributed by atoms with van der Waals surface area (Å²) in [5.74, 6) is -1.28. The second kappa shape index (κ2) is 6.10. The number of carbonyl (C=O) groups excluding carboxylic acids is 2. The standard InChI is InChI=1S/C19H17F5O5S/c1-27-15-8-11-10-19(18(26)29-3,17(25)14(11)9-16(15)28-2)12-4-6-13(7-5-12)30(20,21,22,23)24/h4-9H,10H2,1-3H3. The third-order valence-electron chi connectivity index (χ3n) is 5.02. The Balaban J connectivity index is 2.18. The lowest BCUT2D eigenvalue weighted by atomic mass is 9.77. The molecule has 0 bridgehead atoms. The lowest BCUT2D eigenvalue weighted by Gasteiger charge is -2.40. The van der Waals surface area contributed by atoms with Crippen molar-refractivity contribution >= 4 is 22.0 Å². The van der Waals surface area contributed by atoms with Crippen LogP contribution in [0.3, 0.4) is 0 Å². The first-order chi connectivity index (χ1) is 13.7. The Bertz CT molecular complexity index is 1050. The summed E-state index contributed by atoms with van der Waals surface area (Å²) in [5, 5.41) is 0. The number of hydrogen-bond acceptors (Lipinski definition) is 5. The minimum absolute atomic E-state index is 0.0924. The van der Waals surface area contributed by atoms with Gasteiger partial charge >= 0.3 is 16.2 Å². The minimum Gasteiger partial charge on any atom is -0.493 e. The van der Waals surface area contributed by atoms with Crippen LogP contribution in [0.15, 0.2) is 41.3 Å². The molecule has 1 aliphatic rings. The summed E-state index contributed by atoms with van der Waals surface area (Å²) in [6.07, 6.45) is -0.246. The first kappa shape index (κ1) is 21.9. The van der Waals surface area contributed by atoms with Crippen LogP contribution in [0.2, 0.25) is 0 Å². The highest BCUT2D eigenvalue weighted by atomic mass is 32.5. The quantitative estimate of drug-likeness (QED) is 0.354. The molecule has 1 aliphatic carbocycles. The Kier molecular flexibility index (Phi) is 4.45. The van der Waals surface area contributed by atoms with Gasteiger partial charge in [0.2, 0.25) is 0 Å². The summed E-state index contributed by atoms with van der Waals surface area (Å²) in [5.41, 5.74) is -1.75. The summed E-state index contributed by atoms with van der Waals surface area (Å²) in [7, 11) is -6.18. The zero-order chi connectivity index (χ0) is 22.6. The van der Waals surface area contributed by atoms with Gasteiger partial charge in [-0.2, -0.15) is 0 Å². The number of ketones is 1. The number of ether oxygens (including phenoxy) is 3. The van der Waals surface area contributed by atoms with Crippen LogP contribution in [0.4, 0.5) is 19.4 Å². The van der Waals surface area contributed by atoms with E-state index in [9.17, 15) is 29.0 Å². The largest absolute Gasteiger partial charge is 0.493 e. The second-order valence-corrected chi connectivity index (χ2v) is 9.17. The van der Waals surface area contributed by atoms with Crippen molar-refractivity contribution < 1.29 is 43.2 Å². The van der Waals surface area contributed by atoms with E-state index in [2.05, 4.69) is 0 Å². The molecule has 2 aromatic rings. The number of methoxy groups -OCH3 is 3. The van der Waals surface area contributed by atoms with Crippen molar-refractivity contribution in [2.45, 2.75) is 16.7 Å². The average Bonchev–Trinajstić information content (AvgIpc) is 2.97. The predicted molar refractivity (Wildman–Crippen MR) is 99.1 cm³/mol. The highest BCUT2D eigenvalue weighted by Crippen LogP contribution is 3.02. The van der Waals surface area contributed by atoms with E-state index in [0.717, 1.165) is 7.11 Å². The number of Topliss-reactive ketones (excluding diaryl/α,β-unsaturated/α-hetero) is 1. The van der Waals surface area contributed by atoms with Crippen LogP contribution < -0.4 is 9.47 Å². The van der Waals surface area contributed by atoms with Gasteiger partial charge in [-0.05, 0) is 35.4 Å². The Morgan fingerprint density at radius 2 is 1.47 bits per heavy atom. The minimum atomic E-state index is -9.91. The Labute approximate surface area is 168 Å². The van der Waals surface area contributed by atoms with Gasteiger partial charge < -0.3 is 14.2 Å². The summed E-state index contributed by atoms with van der Waals surface area (Å²) in [6.45, 7) is 0. The van der Waals surface area contributed by atoms with Crippen molar-refractivity contribution in [2.75, 3.05) is 21.3 Å². The van der Waals surface area contributed by atoms with Crippen molar-refractivity contribution in [1.82, 2.24) is 0 Å². The van der Waals surface area contributed by atoms with Gasteiger partial charge in [0, 0.05) is 12.0 Å². The van der Waals surface area contributed by atoms with Crippen molar-refractivity contribution in [3.8, 4) is 11.5 Å². The topological polar surface area (TPSA) is 61.8 Å². The van der Waals surface area contributed by atoms with E-state index >= 15 is 0 Å². The monoisotopic (exact) mass is 452 g/mol. The van der Waals surface area contributed by atoms with Crippen molar-refractivity contribution in [3.63, 3.8) is 0 Å². The lowest BCUT2D eigenvalue weighted by molar-refractivity contribution is -0.145. The highest BCUT2D eigenvalue weighted by Gasteiger charge is 2.65. The fourth-order valence-corrected chi connectivity index (χ4v) is 4.21. The van der Waals surface area contributed by atoms with E-state index in [1.54, 1.807) is 0 Å². The zero-order valence-electron chi connectivity index (χ0n) is 16.0. The summed E-state index contributed by atoms with van der Waals surface area (Å²) in [6, 6.07) is 4.55. The number of hydrogen-bond donors (Lipinski definition) is 0. The third-order valence-corrected chi connectivity index (χ3v) is 6.19. The Morgan fingerprint density at radius 3 is 1.93 bits per heavy atom. The maximum absolute atomic E-state index is 13.2. The normalized spacial score (nSPS) is 20.7. The van der Waals surface area contributed by atoms with Gasteiger partial charge in [-0.15, -0.1) is 0 Å². The SMILES string of the molecule is COC(=O)C1(c2ccc(S(F)(F)(F)(F)F)cc2)Cc2cc(OC)c(OC)cc2C1=O. The lowest BCUT2D eigenvalue weighted by Crippen LogP contribution is -2.42. The number of benzene rings is 2.